The molecule has 1 aliphatic heterocycles. The molecule has 1 fully saturated rings. The molecule has 0 radical (unpaired) electrons. The minimum atomic E-state index is 0.0326. The molecule has 6 heteroatoms. The van der Waals surface area contributed by atoms with Gasteiger partial charge in [0.2, 0.25) is 5.91 Å². The van der Waals surface area contributed by atoms with Crippen LogP contribution in [-0.4, -0.2) is 19.1 Å². The smallest absolute Gasteiger partial charge is 0.227 e. The van der Waals surface area contributed by atoms with Gasteiger partial charge in [0.25, 0.3) is 0 Å². The molecule has 0 atom stereocenters. The Kier molecular flexibility index (Phi) is 5.61. The quantitative estimate of drug-likeness (QED) is 0.792. The highest BCUT2D eigenvalue weighted by atomic mass is 35.5. The lowest BCUT2D eigenvalue weighted by Gasteiger charge is -2.21. The summed E-state index contributed by atoms with van der Waals surface area (Å²) in [4.78, 5) is 12.2. The van der Waals surface area contributed by atoms with E-state index in [4.69, 9.17) is 27.9 Å². The Bertz CT molecular complexity index is 693. The van der Waals surface area contributed by atoms with Crippen LogP contribution in [0.3, 0.4) is 0 Å². The molecule has 2 aromatic rings. The van der Waals surface area contributed by atoms with Crippen molar-refractivity contribution >= 4 is 46.2 Å². The monoisotopic (exact) mass is 364 g/mol. The molecule has 0 saturated carbocycles. The van der Waals surface area contributed by atoms with Crippen LogP contribution in [0.1, 0.15) is 12.8 Å². The molecule has 0 bridgehead atoms. The van der Waals surface area contributed by atoms with E-state index in [1.807, 2.05) is 24.3 Å². The van der Waals surface area contributed by atoms with Gasteiger partial charge in [0, 0.05) is 46.2 Å². The number of carbonyl (C=O) groups is 1. The van der Waals surface area contributed by atoms with Gasteiger partial charge in [-0.15, -0.1) is 0 Å². The van der Waals surface area contributed by atoms with Crippen molar-refractivity contribution in [3.8, 4) is 0 Å². The van der Waals surface area contributed by atoms with Crippen molar-refractivity contribution in [2.75, 3.05) is 23.8 Å². The highest BCUT2D eigenvalue weighted by Gasteiger charge is 2.21. The van der Waals surface area contributed by atoms with Crippen LogP contribution in [0, 0.1) is 5.92 Å². The zero-order chi connectivity index (χ0) is 16.9. The Morgan fingerprint density at radius 3 is 2.12 bits per heavy atom. The molecule has 24 heavy (non-hydrogen) atoms. The molecule has 0 spiro atoms. The zero-order valence-electron chi connectivity index (χ0n) is 13.0. The van der Waals surface area contributed by atoms with Gasteiger partial charge in [-0.05, 0) is 55.3 Å². The van der Waals surface area contributed by atoms with E-state index in [0.717, 1.165) is 29.9 Å². The highest BCUT2D eigenvalue weighted by molar-refractivity contribution is 6.35. The first-order valence-corrected chi connectivity index (χ1v) is 8.57. The number of carbonyl (C=O) groups excluding carboxylic acids is 1. The van der Waals surface area contributed by atoms with Crippen molar-refractivity contribution in [1.29, 1.82) is 0 Å². The third kappa shape index (κ3) is 4.63. The molecule has 0 aromatic heterocycles. The molecule has 4 nitrogen and oxygen atoms in total. The van der Waals surface area contributed by atoms with E-state index in [1.54, 1.807) is 18.2 Å². The molecule has 3 rings (SSSR count). The van der Waals surface area contributed by atoms with E-state index < -0.39 is 0 Å². The van der Waals surface area contributed by atoms with Crippen LogP contribution in [0.25, 0.3) is 0 Å². The van der Waals surface area contributed by atoms with Crippen molar-refractivity contribution in [3.63, 3.8) is 0 Å². The zero-order valence-corrected chi connectivity index (χ0v) is 14.5. The predicted octanol–water partition coefficient (Wildman–Crippen LogP) is 5.10. The Hall–Kier alpha value is -1.75. The lowest BCUT2D eigenvalue weighted by atomic mass is 9.99. The Labute approximate surface area is 151 Å². The van der Waals surface area contributed by atoms with Crippen molar-refractivity contribution in [3.05, 3.63) is 52.5 Å². The average molecular weight is 365 g/mol. The number of hydrogen-bond donors (Lipinski definition) is 2. The molecule has 1 heterocycles. The lowest BCUT2D eigenvalue weighted by Crippen LogP contribution is -2.28. The molecule has 126 valence electrons. The van der Waals surface area contributed by atoms with Crippen LogP contribution in [0.5, 0.6) is 0 Å². The second-order valence-electron chi connectivity index (χ2n) is 5.74. The fraction of sp³-hybridized carbons (Fsp3) is 0.278. The molecule has 1 saturated heterocycles. The number of anilines is 3. The molecular weight excluding hydrogens is 347 g/mol. The summed E-state index contributed by atoms with van der Waals surface area (Å²) in [6, 6.07) is 12.8. The summed E-state index contributed by atoms with van der Waals surface area (Å²) in [6.45, 7) is 1.31. The van der Waals surface area contributed by atoms with Gasteiger partial charge in [0.15, 0.2) is 0 Å². The van der Waals surface area contributed by atoms with E-state index in [2.05, 4.69) is 10.6 Å². The van der Waals surface area contributed by atoms with E-state index in [9.17, 15) is 4.79 Å². The molecule has 2 aromatic carbocycles. The van der Waals surface area contributed by atoms with Crippen LogP contribution in [0.15, 0.2) is 42.5 Å². The second-order valence-corrected chi connectivity index (χ2v) is 6.61. The SMILES string of the molecule is O=C(Nc1ccc(Nc2cc(Cl)cc(Cl)c2)cc1)C1CCOCC1. The number of halogens is 2. The minimum Gasteiger partial charge on any atom is -0.381 e. The van der Waals surface area contributed by atoms with Crippen LogP contribution in [-0.2, 0) is 9.53 Å². The van der Waals surface area contributed by atoms with E-state index in [-0.39, 0.29) is 11.8 Å². The number of benzene rings is 2. The summed E-state index contributed by atoms with van der Waals surface area (Å²) < 4.78 is 5.28. The van der Waals surface area contributed by atoms with Crippen LogP contribution >= 0.6 is 23.2 Å². The maximum absolute atomic E-state index is 12.2. The molecule has 0 unspecified atom stereocenters. The number of nitrogens with one attached hydrogen (secondary N) is 2. The number of amides is 1. The van der Waals surface area contributed by atoms with E-state index >= 15 is 0 Å². The number of ether oxygens (including phenoxy) is 1. The topological polar surface area (TPSA) is 50.4 Å². The Morgan fingerprint density at radius 1 is 0.917 bits per heavy atom. The standard InChI is InChI=1S/C18H18Cl2N2O2/c19-13-9-14(20)11-17(10-13)21-15-1-3-16(4-2-15)22-18(23)12-5-7-24-8-6-12/h1-4,9-12,21H,5-8H2,(H,22,23). The van der Waals surface area contributed by atoms with Gasteiger partial charge in [-0.2, -0.15) is 0 Å². The molecular formula is C18H18Cl2N2O2. The fourth-order valence-corrected chi connectivity index (χ4v) is 3.16. The Balaban J connectivity index is 1.61. The summed E-state index contributed by atoms with van der Waals surface area (Å²) >= 11 is 12.0. The highest BCUT2D eigenvalue weighted by Crippen LogP contribution is 2.26. The molecule has 2 N–H and O–H groups in total. The normalized spacial score (nSPS) is 15.1. The van der Waals surface area contributed by atoms with Crippen molar-refractivity contribution in [2.45, 2.75) is 12.8 Å². The van der Waals surface area contributed by atoms with Gasteiger partial charge in [0.05, 0.1) is 0 Å². The van der Waals surface area contributed by atoms with Crippen molar-refractivity contribution in [2.24, 2.45) is 5.92 Å². The number of hydrogen-bond acceptors (Lipinski definition) is 3. The minimum absolute atomic E-state index is 0.0326. The predicted molar refractivity (Wildman–Crippen MR) is 98.4 cm³/mol. The second kappa shape index (κ2) is 7.88. The summed E-state index contributed by atoms with van der Waals surface area (Å²) in [6.07, 6.45) is 1.56. The largest absolute Gasteiger partial charge is 0.381 e. The first-order chi connectivity index (χ1) is 11.6. The lowest BCUT2D eigenvalue weighted by molar-refractivity contribution is -0.122. The van der Waals surface area contributed by atoms with Gasteiger partial charge in [-0.3, -0.25) is 4.79 Å². The first-order valence-electron chi connectivity index (χ1n) is 7.82. The summed E-state index contributed by atoms with van der Waals surface area (Å²) in [5.74, 6) is 0.0887. The molecule has 1 amide bonds. The third-order valence-corrected chi connectivity index (χ3v) is 4.33. The first kappa shape index (κ1) is 17.1. The summed E-state index contributed by atoms with van der Waals surface area (Å²) in [7, 11) is 0. The van der Waals surface area contributed by atoms with Crippen LogP contribution in [0.2, 0.25) is 10.0 Å². The summed E-state index contributed by atoms with van der Waals surface area (Å²) in [5, 5.41) is 7.34. The van der Waals surface area contributed by atoms with E-state index in [1.165, 1.54) is 0 Å². The molecule has 0 aliphatic carbocycles. The van der Waals surface area contributed by atoms with Gasteiger partial charge < -0.3 is 15.4 Å². The van der Waals surface area contributed by atoms with Gasteiger partial charge >= 0.3 is 0 Å². The fourth-order valence-electron chi connectivity index (χ4n) is 2.63. The van der Waals surface area contributed by atoms with Crippen LogP contribution < -0.4 is 10.6 Å². The van der Waals surface area contributed by atoms with Crippen molar-refractivity contribution in [1.82, 2.24) is 0 Å². The third-order valence-electron chi connectivity index (χ3n) is 3.90. The van der Waals surface area contributed by atoms with Gasteiger partial charge in [0.1, 0.15) is 0 Å². The van der Waals surface area contributed by atoms with Gasteiger partial charge in [-0.1, -0.05) is 23.2 Å². The maximum Gasteiger partial charge on any atom is 0.227 e. The number of rotatable bonds is 4. The average Bonchev–Trinajstić information content (AvgIpc) is 2.56. The maximum atomic E-state index is 12.2. The van der Waals surface area contributed by atoms with E-state index in [0.29, 0.717) is 23.3 Å². The molecule has 1 aliphatic rings. The van der Waals surface area contributed by atoms with Crippen molar-refractivity contribution < 1.29 is 9.53 Å². The van der Waals surface area contributed by atoms with Crippen LogP contribution in [0.4, 0.5) is 17.1 Å². The summed E-state index contributed by atoms with van der Waals surface area (Å²) in [5.41, 5.74) is 2.48. The Morgan fingerprint density at radius 2 is 1.50 bits per heavy atom. The van der Waals surface area contributed by atoms with Gasteiger partial charge in [-0.25, -0.2) is 0 Å².